The molecule has 0 radical (unpaired) electrons. The number of fused-ring (bicyclic) bond motifs is 1. The fourth-order valence-electron chi connectivity index (χ4n) is 3.03. The fourth-order valence-corrected chi connectivity index (χ4v) is 3.03. The molecule has 1 saturated heterocycles. The standard InChI is InChI=1S/C16H21N3O/c1-2-4-15-14(3-1)18-16(20-15)17-13-7-9-19(10-8-13)11-12-5-6-12/h1-4,12-13H,5-11H2,(H,17,18). The van der Waals surface area contributed by atoms with Crippen molar-refractivity contribution in [1.29, 1.82) is 0 Å². The number of oxazole rings is 1. The molecule has 1 aliphatic heterocycles. The van der Waals surface area contributed by atoms with Gasteiger partial charge in [0.05, 0.1) is 0 Å². The van der Waals surface area contributed by atoms with Gasteiger partial charge in [0.1, 0.15) is 5.52 Å². The molecule has 20 heavy (non-hydrogen) atoms. The number of piperidine rings is 1. The van der Waals surface area contributed by atoms with Crippen molar-refractivity contribution in [2.75, 3.05) is 25.0 Å². The molecule has 0 spiro atoms. The van der Waals surface area contributed by atoms with Crippen LogP contribution in [0.4, 0.5) is 6.01 Å². The minimum atomic E-state index is 0.499. The molecule has 1 aromatic carbocycles. The lowest BCUT2D eigenvalue weighted by Crippen LogP contribution is -2.40. The summed E-state index contributed by atoms with van der Waals surface area (Å²) in [4.78, 5) is 7.11. The van der Waals surface area contributed by atoms with Crippen molar-refractivity contribution in [3.05, 3.63) is 24.3 Å². The SMILES string of the molecule is c1ccc2oc(NC3CCN(CC4CC4)CC3)nc2c1. The molecule has 1 saturated carbocycles. The van der Waals surface area contributed by atoms with Crippen LogP contribution >= 0.6 is 0 Å². The first kappa shape index (κ1) is 12.2. The normalized spacial score (nSPS) is 21.4. The summed E-state index contributed by atoms with van der Waals surface area (Å²) in [5, 5.41) is 3.46. The Morgan fingerprint density at radius 3 is 2.70 bits per heavy atom. The number of anilines is 1. The van der Waals surface area contributed by atoms with Crippen LogP contribution in [0.1, 0.15) is 25.7 Å². The van der Waals surface area contributed by atoms with E-state index in [1.807, 2.05) is 24.3 Å². The van der Waals surface area contributed by atoms with Crippen molar-refractivity contribution in [3.63, 3.8) is 0 Å². The Morgan fingerprint density at radius 2 is 1.95 bits per heavy atom. The topological polar surface area (TPSA) is 41.3 Å². The molecule has 4 rings (SSSR count). The van der Waals surface area contributed by atoms with E-state index in [9.17, 15) is 0 Å². The van der Waals surface area contributed by atoms with Gasteiger partial charge in [-0.3, -0.25) is 0 Å². The Balaban J connectivity index is 1.35. The Bertz CT molecular complexity index is 549. The van der Waals surface area contributed by atoms with E-state index in [0.29, 0.717) is 12.1 Å². The third kappa shape index (κ3) is 2.66. The summed E-state index contributed by atoms with van der Waals surface area (Å²) < 4.78 is 5.74. The summed E-state index contributed by atoms with van der Waals surface area (Å²) in [5.41, 5.74) is 1.79. The number of benzene rings is 1. The highest BCUT2D eigenvalue weighted by Gasteiger charge is 2.27. The van der Waals surface area contributed by atoms with E-state index in [0.717, 1.165) is 17.0 Å². The summed E-state index contributed by atoms with van der Waals surface area (Å²) in [6.07, 6.45) is 5.26. The number of aromatic nitrogens is 1. The van der Waals surface area contributed by atoms with Crippen molar-refractivity contribution in [1.82, 2.24) is 9.88 Å². The fraction of sp³-hybridized carbons (Fsp3) is 0.562. The summed E-state index contributed by atoms with van der Waals surface area (Å²) in [7, 11) is 0. The Kier molecular flexibility index (Phi) is 3.11. The van der Waals surface area contributed by atoms with Gasteiger partial charge >= 0.3 is 0 Å². The van der Waals surface area contributed by atoms with Crippen LogP contribution < -0.4 is 5.32 Å². The first-order valence-electron chi connectivity index (χ1n) is 7.71. The van der Waals surface area contributed by atoms with Gasteiger partial charge in [0.15, 0.2) is 5.58 Å². The Labute approximate surface area is 119 Å². The predicted molar refractivity (Wildman–Crippen MR) is 79.8 cm³/mol. The number of nitrogens with one attached hydrogen (secondary N) is 1. The van der Waals surface area contributed by atoms with Gasteiger partial charge in [-0.15, -0.1) is 0 Å². The third-order valence-electron chi connectivity index (χ3n) is 4.42. The van der Waals surface area contributed by atoms with Crippen molar-refractivity contribution in [2.45, 2.75) is 31.7 Å². The lowest BCUT2D eigenvalue weighted by molar-refractivity contribution is 0.210. The van der Waals surface area contributed by atoms with Crippen molar-refractivity contribution < 1.29 is 4.42 Å². The van der Waals surface area contributed by atoms with Crippen LogP contribution in [0.15, 0.2) is 28.7 Å². The number of rotatable bonds is 4. The predicted octanol–water partition coefficient (Wildman–Crippen LogP) is 3.11. The van der Waals surface area contributed by atoms with E-state index >= 15 is 0 Å². The van der Waals surface area contributed by atoms with Crippen LogP contribution in [0.25, 0.3) is 11.1 Å². The second kappa shape index (κ2) is 5.09. The first-order valence-corrected chi connectivity index (χ1v) is 7.71. The molecule has 2 fully saturated rings. The summed E-state index contributed by atoms with van der Waals surface area (Å²) in [6.45, 7) is 3.72. The zero-order valence-electron chi connectivity index (χ0n) is 11.7. The van der Waals surface area contributed by atoms with Gasteiger partial charge in [-0.1, -0.05) is 12.1 Å². The molecule has 4 heteroatoms. The number of hydrogen-bond donors (Lipinski definition) is 1. The molecule has 2 aromatic rings. The molecule has 2 aliphatic rings. The molecule has 1 N–H and O–H groups in total. The van der Waals surface area contributed by atoms with Crippen molar-refractivity contribution >= 4 is 17.1 Å². The molecule has 1 aromatic heterocycles. The quantitative estimate of drug-likeness (QED) is 0.927. The average Bonchev–Trinajstić information content (AvgIpc) is 3.18. The maximum absolute atomic E-state index is 5.74. The van der Waals surface area contributed by atoms with Gasteiger partial charge in [-0.05, 0) is 43.7 Å². The van der Waals surface area contributed by atoms with Gasteiger partial charge in [0.2, 0.25) is 0 Å². The second-order valence-electron chi connectivity index (χ2n) is 6.15. The molecule has 106 valence electrons. The van der Waals surface area contributed by atoms with E-state index in [4.69, 9.17) is 4.42 Å². The molecular weight excluding hydrogens is 250 g/mol. The number of likely N-dealkylation sites (tertiary alicyclic amines) is 1. The van der Waals surface area contributed by atoms with Crippen molar-refractivity contribution in [3.8, 4) is 0 Å². The second-order valence-corrected chi connectivity index (χ2v) is 6.15. The smallest absolute Gasteiger partial charge is 0.295 e. The average molecular weight is 271 g/mol. The number of para-hydroxylation sites is 2. The Hall–Kier alpha value is -1.55. The highest BCUT2D eigenvalue weighted by Crippen LogP contribution is 2.30. The highest BCUT2D eigenvalue weighted by molar-refractivity contribution is 5.74. The van der Waals surface area contributed by atoms with Gasteiger partial charge in [0.25, 0.3) is 6.01 Å². The van der Waals surface area contributed by atoms with Crippen LogP contribution in [0.2, 0.25) is 0 Å². The lowest BCUT2D eigenvalue weighted by Gasteiger charge is -2.31. The highest BCUT2D eigenvalue weighted by atomic mass is 16.4. The van der Waals surface area contributed by atoms with Gasteiger partial charge in [-0.25, -0.2) is 0 Å². The molecule has 4 nitrogen and oxygen atoms in total. The van der Waals surface area contributed by atoms with E-state index in [1.165, 1.54) is 45.3 Å². The van der Waals surface area contributed by atoms with Crippen molar-refractivity contribution in [2.24, 2.45) is 5.92 Å². The molecule has 0 amide bonds. The van der Waals surface area contributed by atoms with Gasteiger partial charge in [0, 0.05) is 25.7 Å². The largest absolute Gasteiger partial charge is 0.424 e. The molecule has 0 unspecified atom stereocenters. The lowest BCUT2D eigenvalue weighted by atomic mass is 10.1. The summed E-state index contributed by atoms with van der Waals surface area (Å²) in [5.74, 6) is 0.997. The van der Waals surface area contributed by atoms with Crippen LogP contribution in [0, 0.1) is 5.92 Å². The summed E-state index contributed by atoms with van der Waals surface area (Å²) in [6, 6.07) is 9.09. The zero-order chi connectivity index (χ0) is 13.4. The molecule has 0 atom stereocenters. The number of hydrogen-bond acceptors (Lipinski definition) is 4. The van der Waals surface area contributed by atoms with Gasteiger partial charge < -0.3 is 14.6 Å². The van der Waals surface area contributed by atoms with Crippen LogP contribution in [-0.2, 0) is 0 Å². The molecule has 2 heterocycles. The van der Waals surface area contributed by atoms with Crippen LogP contribution in [0.5, 0.6) is 0 Å². The monoisotopic (exact) mass is 271 g/mol. The van der Waals surface area contributed by atoms with Crippen LogP contribution in [-0.4, -0.2) is 35.6 Å². The zero-order valence-corrected chi connectivity index (χ0v) is 11.7. The molecule has 0 bridgehead atoms. The summed E-state index contributed by atoms with van der Waals surface area (Å²) >= 11 is 0. The minimum absolute atomic E-state index is 0.499. The van der Waals surface area contributed by atoms with E-state index < -0.39 is 0 Å². The Morgan fingerprint density at radius 1 is 1.15 bits per heavy atom. The molecular formula is C16H21N3O. The van der Waals surface area contributed by atoms with Gasteiger partial charge in [-0.2, -0.15) is 4.98 Å². The maximum Gasteiger partial charge on any atom is 0.295 e. The van der Waals surface area contributed by atoms with E-state index in [-0.39, 0.29) is 0 Å². The first-order chi connectivity index (χ1) is 9.87. The maximum atomic E-state index is 5.74. The molecule has 1 aliphatic carbocycles. The minimum Gasteiger partial charge on any atom is -0.424 e. The van der Waals surface area contributed by atoms with E-state index in [1.54, 1.807) is 0 Å². The third-order valence-corrected chi connectivity index (χ3v) is 4.42. The number of nitrogens with zero attached hydrogens (tertiary/aromatic N) is 2. The van der Waals surface area contributed by atoms with Crippen LogP contribution in [0.3, 0.4) is 0 Å². The van der Waals surface area contributed by atoms with E-state index in [2.05, 4.69) is 15.2 Å².